The molecule has 2 aliphatic carbocycles. The van der Waals surface area contributed by atoms with Gasteiger partial charge in [-0.3, -0.25) is 0 Å². The summed E-state index contributed by atoms with van der Waals surface area (Å²) >= 11 is 0. The molecule has 15 heavy (non-hydrogen) atoms. The summed E-state index contributed by atoms with van der Waals surface area (Å²) in [5.41, 5.74) is 0. The molecule has 0 aromatic heterocycles. The van der Waals surface area contributed by atoms with Crippen LogP contribution in [0.25, 0.3) is 0 Å². The Morgan fingerprint density at radius 2 is 1.53 bits per heavy atom. The van der Waals surface area contributed by atoms with Gasteiger partial charge in [0.25, 0.3) is 0 Å². The van der Waals surface area contributed by atoms with E-state index in [0.29, 0.717) is 0 Å². The fraction of sp³-hybridized carbons (Fsp3) is 1.00. The van der Waals surface area contributed by atoms with Crippen molar-refractivity contribution >= 4 is 0 Å². The minimum atomic E-state index is 0.982. The molecular weight excluding hydrogens is 180 g/mol. The first-order valence-corrected chi connectivity index (χ1v) is 7.17. The van der Waals surface area contributed by atoms with Crippen molar-refractivity contribution < 1.29 is 0 Å². The summed E-state index contributed by atoms with van der Waals surface area (Å²) in [5.74, 6) is 6.27. The molecule has 0 aliphatic heterocycles. The van der Waals surface area contributed by atoms with Crippen LogP contribution in [0.2, 0.25) is 0 Å². The van der Waals surface area contributed by atoms with E-state index in [9.17, 15) is 0 Å². The lowest BCUT2D eigenvalue weighted by atomic mass is 9.68. The fourth-order valence-corrected chi connectivity index (χ4v) is 4.55. The molecule has 6 unspecified atom stereocenters. The summed E-state index contributed by atoms with van der Waals surface area (Å²) in [7, 11) is 0. The second-order valence-electron chi connectivity index (χ2n) is 6.33. The third-order valence-corrected chi connectivity index (χ3v) is 5.65. The molecule has 88 valence electrons. The van der Waals surface area contributed by atoms with Gasteiger partial charge in [-0.15, -0.1) is 0 Å². The zero-order chi connectivity index (χ0) is 11.0. The molecule has 0 heteroatoms. The second kappa shape index (κ2) is 4.47. The molecule has 0 spiro atoms. The second-order valence-corrected chi connectivity index (χ2v) is 6.33. The standard InChI is InChI=1S/C15H28/c1-5-12-9-13-7-10(3)11(4)8-15(13)14(12)6-2/h10-15H,5-9H2,1-4H3. The highest BCUT2D eigenvalue weighted by Gasteiger charge is 2.44. The molecule has 0 amide bonds. The highest BCUT2D eigenvalue weighted by atomic mass is 14.5. The molecule has 0 aromatic rings. The smallest absolute Gasteiger partial charge is 0.0352 e. The third kappa shape index (κ3) is 1.97. The van der Waals surface area contributed by atoms with E-state index in [2.05, 4.69) is 27.7 Å². The molecule has 2 rings (SSSR count). The van der Waals surface area contributed by atoms with Crippen LogP contribution in [-0.2, 0) is 0 Å². The molecule has 2 aliphatic rings. The summed E-state index contributed by atoms with van der Waals surface area (Å²) in [6.45, 7) is 9.77. The van der Waals surface area contributed by atoms with Gasteiger partial charge in [0.2, 0.25) is 0 Å². The Morgan fingerprint density at radius 3 is 2.13 bits per heavy atom. The van der Waals surface area contributed by atoms with Gasteiger partial charge in [-0.25, -0.2) is 0 Å². The molecule has 0 N–H and O–H groups in total. The molecule has 2 fully saturated rings. The van der Waals surface area contributed by atoms with E-state index in [4.69, 9.17) is 0 Å². The molecule has 0 radical (unpaired) electrons. The maximum Gasteiger partial charge on any atom is -0.0352 e. The van der Waals surface area contributed by atoms with Gasteiger partial charge >= 0.3 is 0 Å². The van der Waals surface area contributed by atoms with Crippen LogP contribution in [0.15, 0.2) is 0 Å². The molecule has 0 heterocycles. The van der Waals surface area contributed by atoms with Gasteiger partial charge in [-0.1, -0.05) is 40.5 Å². The van der Waals surface area contributed by atoms with Crippen LogP contribution in [0.3, 0.4) is 0 Å². The number of hydrogen-bond acceptors (Lipinski definition) is 0. The Morgan fingerprint density at radius 1 is 0.867 bits per heavy atom. The van der Waals surface area contributed by atoms with Gasteiger partial charge in [0.1, 0.15) is 0 Å². The highest BCUT2D eigenvalue weighted by Crippen LogP contribution is 2.53. The first-order valence-electron chi connectivity index (χ1n) is 7.17. The summed E-state index contributed by atoms with van der Waals surface area (Å²) in [4.78, 5) is 0. The first kappa shape index (κ1) is 11.5. The van der Waals surface area contributed by atoms with Gasteiger partial charge in [-0.05, 0) is 54.8 Å². The number of rotatable bonds is 2. The Hall–Kier alpha value is 0. The predicted molar refractivity (Wildman–Crippen MR) is 66.7 cm³/mol. The Balaban J connectivity index is 2.08. The average Bonchev–Trinajstić information content (AvgIpc) is 2.56. The molecule has 6 atom stereocenters. The van der Waals surface area contributed by atoms with Crippen LogP contribution in [0.5, 0.6) is 0 Å². The zero-order valence-corrected chi connectivity index (χ0v) is 11.0. The average molecular weight is 208 g/mol. The molecule has 0 nitrogen and oxygen atoms in total. The van der Waals surface area contributed by atoms with Crippen molar-refractivity contribution in [3.05, 3.63) is 0 Å². The lowest BCUT2D eigenvalue weighted by Crippen LogP contribution is -2.29. The van der Waals surface area contributed by atoms with Crippen molar-refractivity contribution in [3.8, 4) is 0 Å². The van der Waals surface area contributed by atoms with Crippen molar-refractivity contribution in [2.24, 2.45) is 35.5 Å². The van der Waals surface area contributed by atoms with E-state index in [0.717, 1.165) is 35.5 Å². The highest BCUT2D eigenvalue weighted by molar-refractivity contribution is 4.94. The SMILES string of the molecule is CCC1CC2CC(C)C(C)CC2C1CC. The molecular formula is C15H28. The topological polar surface area (TPSA) is 0 Å². The van der Waals surface area contributed by atoms with E-state index < -0.39 is 0 Å². The number of hydrogen-bond donors (Lipinski definition) is 0. The zero-order valence-electron chi connectivity index (χ0n) is 11.0. The summed E-state index contributed by atoms with van der Waals surface area (Å²) < 4.78 is 0. The van der Waals surface area contributed by atoms with E-state index in [-0.39, 0.29) is 0 Å². The van der Waals surface area contributed by atoms with Gasteiger partial charge in [0.15, 0.2) is 0 Å². The van der Waals surface area contributed by atoms with Crippen LogP contribution >= 0.6 is 0 Å². The summed E-state index contributed by atoms with van der Waals surface area (Å²) in [6.07, 6.45) is 7.46. The lowest BCUT2D eigenvalue weighted by Gasteiger charge is -2.37. The third-order valence-electron chi connectivity index (χ3n) is 5.65. The van der Waals surface area contributed by atoms with Crippen molar-refractivity contribution in [1.82, 2.24) is 0 Å². The van der Waals surface area contributed by atoms with Gasteiger partial charge in [0, 0.05) is 0 Å². The lowest BCUT2D eigenvalue weighted by molar-refractivity contribution is 0.125. The van der Waals surface area contributed by atoms with Crippen molar-refractivity contribution in [2.75, 3.05) is 0 Å². The Kier molecular flexibility index (Phi) is 3.42. The Labute approximate surface area is 95.8 Å². The van der Waals surface area contributed by atoms with Crippen molar-refractivity contribution in [3.63, 3.8) is 0 Å². The summed E-state index contributed by atoms with van der Waals surface area (Å²) in [5, 5.41) is 0. The quantitative estimate of drug-likeness (QED) is 0.615. The minimum Gasteiger partial charge on any atom is -0.0651 e. The molecule has 2 saturated carbocycles. The van der Waals surface area contributed by atoms with Gasteiger partial charge < -0.3 is 0 Å². The van der Waals surface area contributed by atoms with E-state index in [1.807, 2.05) is 0 Å². The fourth-order valence-electron chi connectivity index (χ4n) is 4.55. The maximum absolute atomic E-state index is 2.48. The van der Waals surface area contributed by atoms with Crippen LogP contribution in [0.4, 0.5) is 0 Å². The molecule has 0 saturated heterocycles. The first-order chi connectivity index (χ1) is 7.17. The van der Waals surface area contributed by atoms with Crippen LogP contribution < -0.4 is 0 Å². The predicted octanol–water partition coefficient (Wildman–Crippen LogP) is 4.74. The normalized spacial score (nSPS) is 50.4. The molecule has 0 aromatic carbocycles. The van der Waals surface area contributed by atoms with Crippen LogP contribution in [0.1, 0.15) is 59.8 Å². The van der Waals surface area contributed by atoms with Crippen LogP contribution in [-0.4, -0.2) is 0 Å². The van der Waals surface area contributed by atoms with E-state index >= 15 is 0 Å². The minimum absolute atomic E-state index is 0.982. The van der Waals surface area contributed by atoms with E-state index in [1.54, 1.807) is 6.42 Å². The largest absolute Gasteiger partial charge is 0.0651 e. The van der Waals surface area contributed by atoms with Crippen molar-refractivity contribution in [1.29, 1.82) is 0 Å². The summed E-state index contributed by atoms with van der Waals surface area (Å²) in [6, 6.07) is 0. The monoisotopic (exact) mass is 208 g/mol. The van der Waals surface area contributed by atoms with E-state index in [1.165, 1.54) is 25.7 Å². The maximum atomic E-state index is 2.48. The number of fused-ring (bicyclic) bond motifs is 1. The van der Waals surface area contributed by atoms with Gasteiger partial charge in [0.05, 0.1) is 0 Å². The van der Waals surface area contributed by atoms with Gasteiger partial charge in [-0.2, -0.15) is 0 Å². The van der Waals surface area contributed by atoms with Crippen LogP contribution in [0, 0.1) is 35.5 Å². The Bertz CT molecular complexity index is 208. The van der Waals surface area contributed by atoms with Crippen molar-refractivity contribution in [2.45, 2.75) is 59.8 Å². The molecule has 0 bridgehead atoms.